The van der Waals surface area contributed by atoms with Gasteiger partial charge in [0.25, 0.3) is 0 Å². The highest BCUT2D eigenvalue weighted by Crippen LogP contribution is 2.38. The van der Waals surface area contributed by atoms with Gasteiger partial charge in [0.05, 0.1) is 0 Å². The van der Waals surface area contributed by atoms with Gasteiger partial charge in [-0.15, -0.1) is 0 Å². The van der Waals surface area contributed by atoms with E-state index in [1.165, 1.54) is 24.0 Å². The molecular weight excluding hydrogens is 206 g/mol. The molecule has 1 nitrogen and oxygen atoms in total. The molecule has 1 aliphatic rings. The molecule has 3 atom stereocenters. The molecule has 0 amide bonds. The maximum atomic E-state index is 6.37. The van der Waals surface area contributed by atoms with E-state index >= 15 is 0 Å². The van der Waals surface area contributed by atoms with Crippen molar-refractivity contribution in [1.82, 2.24) is 0 Å². The summed E-state index contributed by atoms with van der Waals surface area (Å²) in [5.41, 5.74) is 9.37. The van der Waals surface area contributed by atoms with Gasteiger partial charge in [0.2, 0.25) is 0 Å². The van der Waals surface area contributed by atoms with E-state index in [9.17, 15) is 0 Å². The quantitative estimate of drug-likeness (QED) is 0.821. The fraction of sp³-hybridized carbons (Fsp3) is 0.625. The molecule has 0 aromatic heterocycles. The Hall–Kier alpha value is -0.820. The molecule has 2 rings (SSSR count). The van der Waals surface area contributed by atoms with Crippen LogP contribution in [0.3, 0.4) is 0 Å². The van der Waals surface area contributed by atoms with Gasteiger partial charge < -0.3 is 5.73 Å². The first kappa shape index (κ1) is 12.6. The first-order valence-corrected chi connectivity index (χ1v) is 6.91. The van der Waals surface area contributed by atoms with Crippen molar-refractivity contribution in [3.63, 3.8) is 0 Å². The zero-order valence-electron chi connectivity index (χ0n) is 11.3. The van der Waals surface area contributed by atoms with Gasteiger partial charge in [0.1, 0.15) is 0 Å². The Morgan fingerprint density at radius 3 is 2.53 bits per heavy atom. The first-order chi connectivity index (χ1) is 8.08. The van der Waals surface area contributed by atoms with Crippen LogP contribution >= 0.6 is 0 Å². The van der Waals surface area contributed by atoms with Crippen molar-refractivity contribution in [1.29, 1.82) is 0 Å². The summed E-state index contributed by atoms with van der Waals surface area (Å²) in [5.74, 6) is 2.14. The van der Waals surface area contributed by atoms with Crippen LogP contribution in [0, 0.1) is 11.8 Å². The van der Waals surface area contributed by atoms with Crippen LogP contribution in [-0.2, 0) is 6.42 Å². The van der Waals surface area contributed by atoms with E-state index in [1.54, 1.807) is 0 Å². The molecule has 1 heteroatoms. The second-order valence-corrected chi connectivity index (χ2v) is 6.14. The summed E-state index contributed by atoms with van der Waals surface area (Å²) in [5, 5.41) is 0. The van der Waals surface area contributed by atoms with Gasteiger partial charge in [-0.05, 0) is 42.2 Å². The molecule has 0 aliphatic heterocycles. The lowest BCUT2D eigenvalue weighted by molar-refractivity contribution is 0.346. The highest BCUT2D eigenvalue weighted by molar-refractivity contribution is 5.41. The Kier molecular flexibility index (Phi) is 3.88. The van der Waals surface area contributed by atoms with Crippen molar-refractivity contribution in [3.8, 4) is 0 Å². The first-order valence-electron chi connectivity index (χ1n) is 6.91. The van der Waals surface area contributed by atoms with Crippen LogP contribution in [-0.4, -0.2) is 6.04 Å². The van der Waals surface area contributed by atoms with Crippen LogP contribution in [0.2, 0.25) is 0 Å². The van der Waals surface area contributed by atoms with Crippen LogP contribution in [0.1, 0.15) is 50.7 Å². The number of rotatable bonds is 5. The summed E-state index contributed by atoms with van der Waals surface area (Å²) in [4.78, 5) is 0. The number of fused-ring (bicyclic) bond motifs is 1. The van der Waals surface area contributed by atoms with Crippen LogP contribution < -0.4 is 5.73 Å². The Labute approximate surface area is 105 Å². The topological polar surface area (TPSA) is 26.0 Å². The van der Waals surface area contributed by atoms with E-state index in [2.05, 4.69) is 45.0 Å². The molecule has 0 fully saturated rings. The SMILES string of the molecule is CC(C)CC(C)CC(N)C1Cc2ccccc21. The number of benzene rings is 1. The molecule has 1 aromatic carbocycles. The Bertz CT molecular complexity index is 370. The standard InChI is InChI=1S/C16H25N/c1-11(2)8-12(3)9-16(17)15-10-13-6-4-5-7-14(13)15/h4-7,11-12,15-16H,8-10,17H2,1-3H3. The van der Waals surface area contributed by atoms with Crippen molar-refractivity contribution in [3.05, 3.63) is 35.4 Å². The van der Waals surface area contributed by atoms with E-state index in [-0.39, 0.29) is 0 Å². The van der Waals surface area contributed by atoms with Crippen LogP contribution in [0.25, 0.3) is 0 Å². The lowest BCUT2D eigenvalue weighted by atomic mass is 9.71. The molecule has 0 bridgehead atoms. The maximum absolute atomic E-state index is 6.37. The molecule has 17 heavy (non-hydrogen) atoms. The molecule has 3 unspecified atom stereocenters. The largest absolute Gasteiger partial charge is 0.327 e. The molecule has 0 spiro atoms. The molecule has 0 heterocycles. The summed E-state index contributed by atoms with van der Waals surface area (Å²) < 4.78 is 0. The lowest BCUT2D eigenvalue weighted by Crippen LogP contribution is -2.37. The third-order valence-electron chi connectivity index (χ3n) is 3.96. The van der Waals surface area contributed by atoms with Gasteiger partial charge in [-0.1, -0.05) is 45.0 Å². The normalized spacial score (nSPS) is 21.8. The van der Waals surface area contributed by atoms with Crippen molar-refractivity contribution >= 4 is 0 Å². The third kappa shape index (κ3) is 2.90. The van der Waals surface area contributed by atoms with Crippen LogP contribution in [0.15, 0.2) is 24.3 Å². The second-order valence-electron chi connectivity index (χ2n) is 6.14. The highest BCUT2D eigenvalue weighted by Gasteiger charge is 2.31. The van der Waals surface area contributed by atoms with E-state index in [0.717, 1.165) is 18.3 Å². The van der Waals surface area contributed by atoms with Gasteiger partial charge in [-0.3, -0.25) is 0 Å². The summed E-state index contributed by atoms with van der Waals surface area (Å²) in [6.07, 6.45) is 3.64. The minimum atomic E-state index is 0.346. The Balaban J connectivity index is 1.89. The monoisotopic (exact) mass is 231 g/mol. The van der Waals surface area contributed by atoms with E-state index < -0.39 is 0 Å². The fourth-order valence-corrected chi connectivity index (χ4v) is 3.21. The highest BCUT2D eigenvalue weighted by atomic mass is 14.7. The van der Waals surface area contributed by atoms with Gasteiger partial charge in [-0.2, -0.15) is 0 Å². The smallest absolute Gasteiger partial charge is 0.0114 e. The minimum Gasteiger partial charge on any atom is -0.327 e. The number of hydrogen-bond acceptors (Lipinski definition) is 1. The number of nitrogens with two attached hydrogens (primary N) is 1. The van der Waals surface area contributed by atoms with Crippen molar-refractivity contribution in [2.24, 2.45) is 17.6 Å². The zero-order valence-corrected chi connectivity index (χ0v) is 11.3. The summed E-state index contributed by atoms with van der Waals surface area (Å²) in [7, 11) is 0. The maximum Gasteiger partial charge on any atom is 0.0114 e. The fourth-order valence-electron chi connectivity index (χ4n) is 3.21. The lowest BCUT2D eigenvalue weighted by Gasteiger charge is -2.36. The molecule has 0 saturated heterocycles. The molecule has 94 valence electrons. The van der Waals surface area contributed by atoms with Crippen molar-refractivity contribution < 1.29 is 0 Å². The summed E-state index contributed by atoms with van der Waals surface area (Å²) in [6.45, 7) is 6.92. The van der Waals surface area contributed by atoms with Gasteiger partial charge in [-0.25, -0.2) is 0 Å². The van der Waals surface area contributed by atoms with Gasteiger partial charge >= 0.3 is 0 Å². The third-order valence-corrected chi connectivity index (χ3v) is 3.96. The Morgan fingerprint density at radius 2 is 1.88 bits per heavy atom. The molecule has 0 saturated carbocycles. The minimum absolute atomic E-state index is 0.346. The zero-order chi connectivity index (χ0) is 12.4. The van der Waals surface area contributed by atoms with Crippen LogP contribution in [0.5, 0.6) is 0 Å². The molecule has 1 aliphatic carbocycles. The van der Waals surface area contributed by atoms with E-state index in [0.29, 0.717) is 12.0 Å². The average molecular weight is 231 g/mol. The predicted molar refractivity (Wildman–Crippen MR) is 74.1 cm³/mol. The van der Waals surface area contributed by atoms with Gasteiger partial charge in [0.15, 0.2) is 0 Å². The number of hydrogen-bond donors (Lipinski definition) is 1. The average Bonchev–Trinajstić information content (AvgIpc) is 2.18. The predicted octanol–water partition coefficient (Wildman–Crippen LogP) is 3.73. The summed E-state index contributed by atoms with van der Waals surface area (Å²) in [6, 6.07) is 9.09. The van der Waals surface area contributed by atoms with E-state index in [4.69, 9.17) is 5.73 Å². The van der Waals surface area contributed by atoms with Crippen molar-refractivity contribution in [2.45, 2.75) is 52.0 Å². The summed E-state index contributed by atoms with van der Waals surface area (Å²) >= 11 is 0. The molecule has 0 radical (unpaired) electrons. The molecule has 1 aromatic rings. The molecule has 2 N–H and O–H groups in total. The van der Waals surface area contributed by atoms with Crippen LogP contribution in [0.4, 0.5) is 0 Å². The Morgan fingerprint density at radius 1 is 1.18 bits per heavy atom. The van der Waals surface area contributed by atoms with Gasteiger partial charge in [0, 0.05) is 12.0 Å². The van der Waals surface area contributed by atoms with E-state index in [1.807, 2.05) is 0 Å². The molecular formula is C16H25N. The second kappa shape index (κ2) is 5.22. The van der Waals surface area contributed by atoms with Crippen molar-refractivity contribution in [2.75, 3.05) is 0 Å².